The number of nitrogens with one attached hydrogen (secondary N) is 1. The summed E-state index contributed by atoms with van der Waals surface area (Å²) < 4.78 is 0. The maximum Gasteiger partial charge on any atom is 0.170 e. The second kappa shape index (κ2) is 4.94. The minimum atomic E-state index is 0.160. The van der Waals surface area contributed by atoms with Crippen LogP contribution in [0.5, 0.6) is 0 Å². The van der Waals surface area contributed by atoms with Gasteiger partial charge in [-0.05, 0) is 23.6 Å². The third-order valence-electron chi connectivity index (χ3n) is 2.41. The van der Waals surface area contributed by atoms with Crippen molar-refractivity contribution in [1.29, 1.82) is 0 Å². The molecule has 1 N–H and O–H groups in total. The van der Waals surface area contributed by atoms with Crippen molar-refractivity contribution in [2.24, 2.45) is 0 Å². The van der Waals surface area contributed by atoms with E-state index in [1.807, 2.05) is 48.8 Å². The predicted molar refractivity (Wildman–Crippen MR) is 68.3 cm³/mol. The lowest BCUT2D eigenvalue weighted by molar-refractivity contribution is 0.0994. The molecule has 0 aliphatic heterocycles. The molecule has 0 saturated carbocycles. The second-order valence-corrected chi connectivity index (χ2v) is 4.51. The van der Waals surface area contributed by atoms with Crippen LogP contribution in [0.25, 0.3) is 0 Å². The lowest BCUT2D eigenvalue weighted by Crippen LogP contribution is -2.05. The van der Waals surface area contributed by atoms with Crippen LogP contribution < -0.4 is 5.32 Å². The number of thiophene rings is 1. The molecule has 0 fully saturated rings. The van der Waals surface area contributed by atoms with Crippen LogP contribution in [0.3, 0.4) is 0 Å². The van der Waals surface area contributed by atoms with Crippen LogP contribution in [0.15, 0.2) is 41.8 Å². The zero-order chi connectivity index (χ0) is 11.4. The van der Waals surface area contributed by atoms with Crippen molar-refractivity contribution < 1.29 is 4.79 Å². The molecule has 16 heavy (non-hydrogen) atoms. The molecule has 0 bridgehead atoms. The number of hydrogen-bond donors (Lipinski definition) is 1. The molecule has 2 nitrogen and oxygen atoms in total. The van der Waals surface area contributed by atoms with Crippen molar-refractivity contribution in [3.8, 4) is 0 Å². The summed E-state index contributed by atoms with van der Waals surface area (Å²) in [6.45, 7) is 0. The molecule has 0 atom stereocenters. The van der Waals surface area contributed by atoms with Crippen molar-refractivity contribution in [2.45, 2.75) is 6.42 Å². The van der Waals surface area contributed by atoms with Gasteiger partial charge in [-0.2, -0.15) is 0 Å². The molecule has 1 heterocycles. The van der Waals surface area contributed by atoms with Gasteiger partial charge < -0.3 is 5.32 Å². The van der Waals surface area contributed by atoms with Gasteiger partial charge in [-0.25, -0.2) is 0 Å². The third-order valence-corrected chi connectivity index (χ3v) is 3.29. The van der Waals surface area contributed by atoms with Gasteiger partial charge in [0, 0.05) is 29.6 Å². The van der Waals surface area contributed by atoms with Crippen LogP contribution in [-0.4, -0.2) is 12.8 Å². The highest BCUT2D eigenvalue weighted by Gasteiger charge is 2.10. The predicted octanol–water partition coefficient (Wildman–Crippen LogP) is 3.22. The highest BCUT2D eigenvalue weighted by atomic mass is 32.1. The van der Waals surface area contributed by atoms with Crippen LogP contribution in [0.1, 0.15) is 15.2 Å². The number of carbonyl (C=O) groups excluding carboxylic acids is 1. The maximum absolute atomic E-state index is 12.1. The van der Waals surface area contributed by atoms with Gasteiger partial charge in [0.1, 0.15) is 0 Å². The van der Waals surface area contributed by atoms with Crippen molar-refractivity contribution in [3.63, 3.8) is 0 Å². The Labute approximate surface area is 98.9 Å². The quantitative estimate of drug-likeness (QED) is 0.819. The van der Waals surface area contributed by atoms with E-state index in [0.29, 0.717) is 6.42 Å². The van der Waals surface area contributed by atoms with Crippen LogP contribution in [0, 0.1) is 0 Å². The number of ketones is 1. The van der Waals surface area contributed by atoms with Crippen LogP contribution >= 0.6 is 11.3 Å². The fourth-order valence-corrected chi connectivity index (χ4v) is 2.31. The van der Waals surface area contributed by atoms with Gasteiger partial charge in [0.05, 0.1) is 0 Å². The molecule has 0 saturated heterocycles. The van der Waals surface area contributed by atoms with Gasteiger partial charge in [0.2, 0.25) is 0 Å². The highest BCUT2D eigenvalue weighted by molar-refractivity contribution is 7.10. The summed E-state index contributed by atoms with van der Waals surface area (Å²) in [5, 5.41) is 5.03. The normalized spacial score (nSPS) is 10.1. The molecular formula is C13H13NOS. The van der Waals surface area contributed by atoms with Crippen LogP contribution in [-0.2, 0) is 6.42 Å². The summed E-state index contributed by atoms with van der Waals surface area (Å²) in [5.74, 6) is 0.160. The van der Waals surface area contributed by atoms with Gasteiger partial charge >= 0.3 is 0 Å². The van der Waals surface area contributed by atoms with E-state index in [0.717, 1.165) is 16.1 Å². The smallest absolute Gasteiger partial charge is 0.170 e. The number of benzene rings is 1. The summed E-state index contributed by atoms with van der Waals surface area (Å²) in [6, 6.07) is 11.6. The molecule has 0 aliphatic carbocycles. The monoisotopic (exact) mass is 231 g/mol. The Kier molecular flexibility index (Phi) is 3.37. The SMILES string of the molecule is CNc1ccccc1C(=O)Cc1cccs1. The van der Waals surface area contributed by atoms with E-state index in [1.54, 1.807) is 11.3 Å². The minimum Gasteiger partial charge on any atom is -0.388 e. The molecule has 82 valence electrons. The fourth-order valence-electron chi connectivity index (χ4n) is 1.61. The molecule has 0 radical (unpaired) electrons. The van der Waals surface area contributed by atoms with E-state index in [9.17, 15) is 4.79 Å². The van der Waals surface area contributed by atoms with E-state index in [1.165, 1.54) is 0 Å². The first-order valence-corrected chi connectivity index (χ1v) is 6.01. The molecule has 0 spiro atoms. The maximum atomic E-state index is 12.1. The van der Waals surface area contributed by atoms with Gasteiger partial charge in [0.25, 0.3) is 0 Å². The van der Waals surface area contributed by atoms with E-state index >= 15 is 0 Å². The number of anilines is 1. The van der Waals surface area contributed by atoms with Gasteiger partial charge in [-0.3, -0.25) is 4.79 Å². The van der Waals surface area contributed by atoms with Gasteiger partial charge in [-0.15, -0.1) is 11.3 Å². The number of para-hydroxylation sites is 1. The summed E-state index contributed by atoms with van der Waals surface area (Å²) in [5.41, 5.74) is 1.66. The Morgan fingerprint density at radius 2 is 2.06 bits per heavy atom. The summed E-state index contributed by atoms with van der Waals surface area (Å²) in [7, 11) is 1.83. The lowest BCUT2D eigenvalue weighted by atomic mass is 10.1. The molecule has 2 rings (SSSR count). The van der Waals surface area contributed by atoms with Crippen LogP contribution in [0.4, 0.5) is 5.69 Å². The van der Waals surface area contributed by atoms with E-state index in [-0.39, 0.29) is 5.78 Å². The standard InChI is InChI=1S/C13H13NOS/c1-14-12-7-3-2-6-11(12)13(15)9-10-5-4-8-16-10/h2-8,14H,9H2,1H3. The van der Waals surface area contributed by atoms with Crippen molar-refractivity contribution in [1.82, 2.24) is 0 Å². The molecule has 2 aromatic rings. The third kappa shape index (κ3) is 2.31. The number of rotatable bonds is 4. The van der Waals surface area contributed by atoms with Crippen molar-refractivity contribution in [2.75, 3.05) is 12.4 Å². The highest BCUT2D eigenvalue weighted by Crippen LogP contribution is 2.18. The Hall–Kier alpha value is -1.61. The Balaban J connectivity index is 2.21. The number of Topliss-reactive ketones (excluding diaryl/α,β-unsaturated/α-hetero) is 1. The van der Waals surface area contributed by atoms with Crippen molar-refractivity contribution in [3.05, 3.63) is 52.2 Å². The van der Waals surface area contributed by atoms with E-state index in [2.05, 4.69) is 5.32 Å². The molecule has 0 aliphatic rings. The minimum absolute atomic E-state index is 0.160. The second-order valence-electron chi connectivity index (χ2n) is 3.47. The average molecular weight is 231 g/mol. The first-order valence-electron chi connectivity index (χ1n) is 5.13. The Morgan fingerprint density at radius 1 is 1.25 bits per heavy atom. The first kappa shape index (κ1) is 10.9. The summed E-state index contributed by atoms with van der Waals surface area (Å²) >= 11 is 1.62. The number of hydrogen-bond acceptors (Lipinski definition) is 3. The Morgan fingerprint density at radius 3 is 2.75 bits per heavy atom. The molecule has 0 unspecified atom stereocenters. The molecular weight excluding hydrogens is 218 g/mol. The molecule has 1 aromatic carbocycles. The van der Waals surface area contributed by atoms with Gasteiger partial charge in [-0.1, -0.05) is 18.2 Å². The van der Waals surface area contributed by atoms with Gasteiger partial charge in [0.15, 0.2) is 5.78 Å². The summed E-state index contributed by atoms with van der Waals surface area (Å²) in [4.78, 5) is 13.2. The number of carbonyl (C=O) groups is 1. The largest absolute Gasteiger partial charge is 0.388 e. The Bertz CT molecular complexity index is 476. The molecule has 0 amide bonds. The molecule has 1 aromatic heterocycles. The van der Waals surface area contributed by atoms with E-state index in [4.69, 9.17) is 0 Å². The topological polar surface area (TPSA) is 29.1 Å². The fraction of sp³-hybridized carbons (Fsp3) is 0.154. The zero-order valence-corrected chi connectivity index (χ0v) is 9.88. The molecule has 3 heteroatoms. The first-order chi connectivity index (χ1) is 7.81. The summed E-state index contributed by atoms with van der Waals surface area (Å²) in [6.07, 6.45) is 0.482. The lowest BCUT2D eigenvalue weighted by Gasteiger charge is -2.06. The van der Waals surface area contributed by atoms with Crippen LogP contribution in [0.2, 0.25) is 0 Å². The van der Waals surface area contributed by atoms with E-state index < -0.39 is 0 Å². The average Bonchev–Trinajstić information content (AvgIpc) is 2.81. The zero-order valence-electron chi connectivity index (χ0n) is 9.07. The van der Waals surface area contributed by atoms with Crippen molar-refractivity contribution >= 4 is 22.8 Å².